The molecule has 0 N–H and O–H groups in total. The Bertz CT molecular complexity index is 349. The zero-order valence-electron chi connectivity index (χ0n) is 18.9. The van der Waals surface area contributed by atoms with Crippen LogP contribution >= 0.6 is 0 Å². The Hall–Kier alpha value is -0.830. The summed E-state index contributed by atoms with van der Waals surface area (Å²) < 4.78 is 5.58. The molecule has 0 bridgehead atoms. The van der Waals surface area contributed by atoms with Crippen molar-refractivity contribution in [3.63, 3.8) is 0 Å². The van der Waals surface area contributed by atoms with Crippen LogP contribution in [0.2, 0.25) is 0 Å². The van der Waals surface area contributed by atoms with Gasteiger partial charge in [0.2, 0.25) is 0 Å². The molecule has 160 valence electrons. The van der Waals surface area contributed by atoms with Gasteiger partial charge in [0.15, 0.2) is 6.23 Å². The minimum atomic E-state index is -0.272. The van der Waals surface area contributed by atoms with Crippen molar-refractivity contribution in [1.29, 1.82) is 0 Å². The Balaban J connectivity index is 4.16. The summed E-state index contributed by atoms with van der Waals surface area (Å²) in [7, 11) is 0. The van der Waals surface area contributed by atoms with E-state index in [1.54, 1.807) is 6.92 Å². The first-order valence-electron chi connectivity index (χ1n) is 11.6. The van der Waals surface area contributed by atoms with E-state index in [0.29, 0.717) is 5.57 Å². The lowest BCUT2D eigenvalue weighted by Crippen LogP contribution is -2.38. The maximum absolute atomic E-state index is 11.9. The maximum atomic E-state index is 11.9. The lowest BCUT2D eigenvalue weighted by atomic mass is 10.1. The molecule has 0 spiro atoms. The van der Waals surface area contributed by atoms with Crippen molar-refractivity contribution in [3.05, 3.63) is 12.2 Å². The molecule has 1 unspecified atom stereocenters. The van der Waals surface area contributed by atoms with E-state index < -0.39 is 0 Å². The summed E-state index contributed by atoms with van der Waals surface area (Å²) in [5, 5.41) is 0. The summed E-state index contributed by atoms with van der Waals surface area (Å²) in [6, 6.07) is 0. The predicted molar refractivity (Wildman–Crippen MR) is 118 cm³/mol. The van der Waals surface area contributed by atoms with Crippen molar-refractivity contribution < 1.29 is 9.53 Å². The van der Waals surface area contributed by atoms with Gasteiger partial charge in [0, 0.05) is 18.7 Å². The molecule has 0 heterocycles. The Morgan fingerprint density at radius 3 is 1.52 bits per heavy atom. The monoisotopic (exact) mass is 381 g/mol. The van der Waals surface area contributed by atoms with Gasteiger partial charge in [-0.1, -0.05) is 97.5 Å². The minimum absolute atomic E-state index is 0.158. The predicted octanol–water partition coefficient (Wildman–Crippen LogP) is 7.25. The molecule has 0 saturated carbocycles. The Labute approximate surface area is 169 Å². The highest BCUT2D eigenvalue weighted by molar-refractivity contribution is 5.87. The van der Waals surface area contributed by atoms with Crippen LogP contribution in [0.4, 0.5) is 0 Å². The molecule has 27 heavy (non-hydrogen) atoms. The molecule has 0 aromatic heterocycles. The van der Waals surface area contributed by atoms with Crippen LogP contribution in [0.3, 0.4) is 0 Å². The van der Waals surface area contributed by atoms with E-state index in [9.17, 15) is 4.79 Å². The van der Waals surface area contributed by atoms with Crippen molar-refractivity contribution >= 4 is 5.97 Å². The molecule has 0 aliphatic carbocycles. The van der Waals surface area contributed by atoms with Crippen LogP contribution in [0.25, 0.3) is 0 Å². The third-order valence-corrected chi connectivity index (χ3v) is 5.24. The molecular weight excluding hydrogens is 334 g/mol. The van der Waals surface area contributed by atoms with E-state index in [0.717, 1.165) is 13.1 Å². The molecule has 0 aromatic rings. The number of carbonyl (C=O) groups is 1. The van der Waals surface area contributed by atoms with Crippen LogP contribution in [0.5, 0.6) is 0 Å². The molecule has 0 aliphatic rings. The lowest BCUT2D eigenvalue weighted by Gasteiger charge is -2.29. The maximum Gasteiger partial charge on any atom is 0.334 e. The molecule has 0 aromatic carbocycles. The second kappa shape index (κ2) is 18.5. The largest absolute Gasteiger partial charge is 0.443 e. The number of esters is 1. The smallest absolute Gasteiger partial charge is 0.334 e. The quantitative estimate of drug-likeness (QED) is 0.102. The molecule has 1 atom stereocenters. The number of ether oxygens (including phenoxy) is 1. The topological polar surface area (TPSA) is 29.5 Å². The molecule has 3 nitrogen and oxygen atoms in total. The zero-order chi connectivity index (χ0) is 20.3. The molecule has 0 fully saturated rings. The van der Waals surface area contributed by atoms with Crippen molar-refractivity contribution in [2.24, 2.45) is 0 Å². The fourth-order valence-corrected chi connectivity index (χ4v) is 3.35. The van der Waals surface area contributed by atoms with Gasteiger partial charge in [-0.25, -0.2) is 4.79 Å². The van der Waals surface area contributed by atoms with Gasteiger partial charge >= 0.3 is 5.97 Å². The molecular formula is C24H47NO2. The van der Waals surface area contributed by atoms with E-state index in [4.69, 9.17) is 4.74 Å². The Morgan fingerprint density at radius 1 is 0.778 bits per heavy atom. The summed E-state index contributed by atoms with van der Waals surface area (Å²) in [5.74, 6) is -0.272. The minimum Gasteiger partial charge on any atom is -0.443 e. The molecule has 3 heteroatoms. The normalized spacial score (nSPS) is 12.3. The van der Waals surface area contributed by atoms with Crippen LogP contribution in [-0.2, 0) is 9.53 Å². The third-order valence-electron chi connectivity index (χ3n) is 5.24. The van der Waals surface area contributed by atoms with Crippen LogP contribution < -0.4 is 0 Å². The zero-order valence-corrected chi connectivity index (χ0v) is 18.9. The number of nitrogens with zero attached hydrogens (tertiary/aromatic N) is 1. The van der Waals surface area contributed by atoms with Crippen molar-refractivity contribution in [1.82, 2.24) is 4.90 Å². The number of carbonyl (C=O) groups excluding carboxylic acids is 1. The fraction of sp³-hybridized carbons (Fsp3) is 0.875. The highest BCUT2D eigenvalue weighted by Gasteiger charge is 2.17. The van der Waals surface area contributed by atoms with Gasteiger partial charge in [0.05, 0.1) is 0 Å². The summed E-state index contributed by atoms with van der Waals surface area (Å²) in [4.78, 5) is 14.2. The second-order valence-corrected chi connectivity index (χ2v) is 8.06. The Kier molecular flexibility index (Phi) is 18.0. The SMILES string of the molecule is C=C(C)C(=O)OC(C)N(CCCCCCCCC)CCCCCCCCC. The average molecular weight is 382 g/mol. The number of hydrogen-bond donors (Lipinski definition) is 0. The third kappa shape index (κ3) is 15.9. The van der Waals surface area contributed by atoms with Gasteiger partial charge < -0.3 is 4.74 Å². The van der Waals surface area contributed by atoms with E-state index in [1.165, 1.54) is 89.9 Å². The first-order valence-corrected chi connectivity index (χ1v) is 11.6. The van der Waals surface area contributed by atoms with Gasteiger partial charge in [0.1, 0.15) is 0 Å². The first kappa shape index (κ1) is 26.2. The molecule has 0 saturated heterocycles. The summed E-state index contributed by atoms with van der Waals surface area (Å²) >= 11 is 0. The standard InChI is InChI=1S/C24H47NO2/c1-6-8-10-12-14-16-18-20-25(23(5)27-24(26)22(3)4)21-19-17-15-13-11-9-7-2/h23H,3,6-21H2,1-2,4-5H3. The summed E-state index contributed by atoms with van der Waals surface area (Å²) in [6.45, 7) is 14.0. The molecule has 0 radical (unpaired) electrons. The van der Waals surface area contributed by atoms with Crippen molar-refractivity contribution in [3.8, 4) is 0 Å². The van der Waals surface area contributed by atoms with Crippen LogP contribution in [0.1, 0.15) is 118 Å². The fourth-order valence-electron chi connectivity index (χ4n) is 3.35. The van der Waals surface area contributed by atoms with Gasteiger partial charge in [-0.2, -0.15) is 0 Å². The van der Waals surface area contributed by atoms with Gasteiger partial charge in [-0.3, -0.25) is 4.90 Å². The average Bonchev–Trinajstić information content (AvgIpc) is 2.64. The highest BCUT2D eigenvalue weighted by Crippen LogP contribution is 2.13. The summed E-state index contributed by atoms with van der Waals surface area (Å²) in [6.07, 6.45) is 18.2. The number of rotatable bonds is 19. The molecule has 0 rings (SSSR count). The molecule has 0 aliphatic heterocycles. The van der Waals surface area contributed by atoms with Gasteiger partial charge in [-0.15, -0.1) is 0 Å². The van der Waals surface area contributed by atoms with Crippen LogP contribution in [-0.4, -0.2) is 30.2 Å². The second-order valence-electron chi connectivity index (χ2n) is 8.06. The van der Waals surface area contributed by atoms with Crippen molar-refractivity contribution in [2.45, 2.75) is 124 Å². The van der Waals surface area contributed by atoms with Gasteiger partial charge in [0.25, 0.3) is 0 Å². The lowest BCUT2D eigenvalue weighted by molar-refractivity contribution is -0.152. The van der Waals surface area contributed by atoms with Crippen LogP contribution in [0, 0.1) is 0 Å². The van der Waals surface area contributed by atoms with Gasteiger partial charge in [-0.05, 0) is 26.7 Å². The number of unbranched alkanes of at least 4 members (excludes halogenated alkanes) is 12. The number of hydrogen-bond acceptors (Lipinski definition) is 3. The van der Waals surface area contributed by atoms with E-state index >= 15 is 0 Å². The van der Waals surface area contributed by atoms with E-state index in [2.05, 4.69) is 25.3 Å². The van der Waals surface area contributed by atoms with Crippen molar-refractivity contribution in [2.75, 3.05) is 13.1 Å². The molecule has 0 amide bonds. The summed E-state index contributed by atoms with van der Waals surface area (Å²) in [5.41, 5.74) is 0.480. The first-order chi connectivity index (χ1) is 13.0. The van der Waals surface area contributed by atoms with E-state index in [1.807, 2.05) is 6.92 Å². The van der Waals surface area contributed by atoms with E-state index in [-0.39, 0.29) is 12.2 Å². The van der Waals surface area contributed by atoms with Crippen LogP contribution in [0.15, 0.2) is 12.2 Å². The Morgan fingerprint density at radius 2 is 1.15 bits per heavy atom. The highest BCUT2D eigenvalue weighted by atomic mass is 16.6.